The first-order valence-electron chi connectivity index (χ1n) is 8.87. The van der Waals surface area contributed by atoms with Gasteiger partial charge < -0.3 is 0 Å². The summed E-state index contributed by atoms with van der Waals surface area (Å²) in [5.74, 6) is 0.184. The molecule has 0 bridgehead atoms. The highest BCUT2D eigenvalue weighted by atomic mass is 16.2. The zero-order valence-corrected chi connectivity index (χ0v) is 14.4. The van der Waals surface area contributed by atoms with E-state index < -0.39 is 0 Å². The maximum atomic E-state index is 13.0. The van der Waals surface area contributed by atoms with Gasteiger partial charge in [0, 0.05) is 13.1 Å². The predicted molar refractivity (Wildman–Crippen MR) is 97.3 cm³/mol. The molecule has 3 heteroatoms. The van der Waals surface area contributed by atoms with Crippen molar-refractivity contribution in [1.29, 1.82) is 0 Å². The Hall–Kier alpha value is -2.13. The molecule has 126 valence electrons. The molecule has 0 N–H and O–H groups in total. The smallest absolute Gasteiger partial charge is 0.241 e. The Labute approximate surface area is 144 Å². The van der Waals surface area contributed by atoms with Gasteiger partial charge in [0.2, 0.25) is 5.91 Å². The van der Waals surface area contributed by atoms with E-state index in [0.717, 1.165) is 18.7 Å². The lowest BCUT2D eigenvalue weighted by Gasteiger charge is -2.37. The number of carbonyl (C=O) groups excluding carboxylic acids is 1. The Kier molecular flexibility index (Phi) is 5.65. The minimum absolute atomic E-state index is 0.184. The van der Waals surface area contributed by atoms with Gasteiger partial charge in [0.25, 0.3) is 0 Å². The number of carbonyl (C=O) groups is 1. The third-order valence-corrected chi connectivity index (χ3v) is 4.61. The molecule has 24 heavy (non-hydrogen) atoms. The first-order chi connectivity index (χ1) is 11.7. The second kappa shape index (κ2) is 8.11. The number of nitrogens with zero attached hydrogens (tertiary/aromatic N) is 2. The monoisotopic (exact) mass is 322 g/mol. The van der Waals surface area contributed by atoms with Crippen LogP contribution in [0.25, 0.3) is 0 Å². The molecule has 2 aromatic rings. The zero-order chi connectivity index (χ0) is 16.8. The number of hydrogen-bond donors (Lipinski definition) is 0. The molecule has 1 aliphatic rings. The van der Waals surface area contributed by atoms with Crippen LogP contribution in [0.2, 0.25) is 0 Å². The van der Waals surface area contributed by atoms with E-state index >= 15 is 0 Å². The van der Waals surface area contributed by atoms with Crippen LogP contribution in [0.3, 0.4) is 0 Å². The van der Waals surface area contributed by atoms with Gasteiger partial charge in [0.15, 0.2) is 0 Å². The number of hydrogen-bond acceptors (Lipinski definition) is 2. The Morgan fingerprint density at radius 2 is 1.58 bits per heavy atom. The van der Waals surface area contributed by atoms with Crippen molar-refractivity contribution < 1.29 is 4.79 Å². The summed E-state index contributed by atoms with van der Waals surface area (Å²) >= 11 is 0. The summed E-state index contributed by atoms with van der Waals surface area (Å²) < 4.78 is 0. The molecule has 1 fully saturated rings. The molecule has 1 heterocycles. The van der Waals surface area contributed by atoms with Crippen LogP contribution in [0, 0.1) is 6.92 Å². The fourth-order valence-electron chi connectivity index (χ4n) is 3.19. The van der Waals surface area contributed by atoms with Gasteiger partial charge in [0.1, 0.15) is 0 Å². The van der Waals surface area contributed by atoms with Crippen molar-refractivity contribution in [2.45, 2.75) is 39.2 Å². The highest BCUT2D eigenvalue weighted by molar-refractivity contribution is 5.78. The average Bonchev–Trinajstić information content (AvgIpc) is 2.63. The maximum Gasteiger partial charge on any atom is 0.241 e. The van der Waals surface area contributed by atoms with Crippen LogP contribution in [0.1, 0.15) is 36.0 Å². The van der Waals surface area contributed by atoms with Crippen molar-refractivity contribution in [3.8, 4) is 0 Å². The average molecular weight is 322 g/mol. The van der Waals surface area contributed by atoms with Crippen molar-refractivity contribution in [3.63, 3.8) is 0 Å². The quantitative estimate of drug-likeness (QED) is 0.831. The summed E-state index contributed by atoms with van der Waals surface area (Å²) in [6.45, 7) is 4.71. The second-order valence-corrected chi connectivity index (χ2v) is 6.61. The maximum absolute atomic E-state index is 13.0. The normalized spacial score (nSPS) is 15.2. The first kappa shape index (κ1) is 16.7. The van der Waals surface area contributed by atoms with E-state index in [9.17, 15) is 4.79 Å². The van der Waals surface area contributed by atoms with E-state index in [4.69, 9.17) is 0 Å². The molecule has 1 aliphatic heterocycles. The van der Waals surface area contributed by atoms with Gasteiger partial charge in [0.05, 0.1) is 13.0 Å². The number of amides is 1. The molecule has 0 saturated carbocycles. The van der Waals surface area contributed by atoms with Crippen molar-refractivity contribution in [1.82, 2.24) is 10.0 Å². The fraction of sp³-hybridized carbons (Fsp3) is 0.381. The lowest BCUT2D eigenvalue weighted by atomic mass is 10.1. The van der Waals surface area contributed by atoms with Crippen LogP contribution in [0.5, 0.6) is 0 Å². The predicted octanol–water partition coefficient (Wildman–Crippen LogP) is 3.97. The Morgan fingerprint density at radius 1 is 0.917 bits per heavy atom. The molecule has 0 spiro atoms. The van der Waals surface area contributed by atoms with Crippen LogP contribution >= 0.6 is 0 Å². The summed E-state index contributed by atoms with van der Waals surface area (Å²) in [5, 5.41) is 4.21. The van der Waals surface area contributed by atoms with Gasteiger partial charge >= 0.3 is 0 Å². The molecular formula is C21H26N2O. The molecule has 0 unspecified atom stereocenters. The largest absolute Gasteiger partial charge is 0.273 e. The van der Waals surface area contributed by atoms with E-state index in [1.807, 2.05) is 35.3 Å². The van der Waals surface area contributed by atoms with E-state index in [1.165, 1.54) is 30.4 Å². The number of piperidine rings is 1. The van der Waals surface area contributed by atoms with Gasteiger partial charge in [-0.15, -0.1) is 0 Å². The van der Waals surface area contributed by atoms with E-state index in [2.05, 4.69) is 36.2 Å². The second-order valence-electron chi connectivity index (χ2n) is 6.61. The topological polar surface area (TPSA) is 23.6 Å². The number of hydrazine groups is 1. The van der Waals surface area contributed by atoms with Crippen LogP contribution in [0.15, 0.2) is 54.6 Å². The Morgan fingerprint density at radius 3 is 2.25 bits per heavy atom. The third-order valence-electron chi connectivity index (χ3n) is 4.61. The molecule has 0 aliphatic carbocycles. The minimum Gasteiger partial charge on any atom is -0.273 e. The van der Waals surface area contributed by atoms with Gasteiger partial charge in [-0.05, 0) is 30.9 Å². The number of aryl methyl sites for hydroxylation is 1. The van der Waals surface area contributed by atoms with Crippen LogP contribution in [-0.4, -0.2) is 29.0 Å². The van der Waals surface area contributed by atoms with E-state index in [-0.39, 0.29) is 5.91 Å². The molecule has 1 amide bonds. The van der Waals surface area contributed by atoms with Crippen LogP contribution < -0.4 is 0 Å². The van der Waals surface area contributed by atoms with Crippen molar-refractivity contribution in [3.05, 3.63) is 71.3 Å². The summed E-state index contributed by atoms with van der Waals surface area (Å²) in [6, 6.07) is 18.5. The highest BCUT2D eigenvalue weighted by Gasteiger charge is 2.23. The fourth-order valence-corrected chi connectivity index (χ4v) is 3.19. The molecule has 2 aromatic carbocycles. The summed E-state index contributed by atoms with van der Waals surface area (Å²) in [6.07, 6.45) is 4.07. The SMILES string of the molecule is Cc1ccc(CN(C(=O)Cc2ccccc2)N2CCCCC2)cc1. The molecule has 3 rings (SSSR count). The molecule has 3 nitrogen and oxygen atoms in total. The van der Waals surface area contributed by atoms with Gasteiger partial charge in [-0.3, -0.25) is 9.80 Å². The third kappa shape index (κ3) is 4.45. The lowest BCUT2D eigenvalue weighted by molar-refractivity contribution is -0.152. The summed E-state index contributed by atoms with van der Waals surface area (Å²) in [7, 11) is 0. The van der Waals surface area contributed by atoms with E-state index in [1.54, 1.807) is 0 Å². The molecule has 0 aromatic heterocycles. The van der Waals surface area contributed by atoms with Gasteiger partial charge in [-0.2, -0.15) is 0 Å². The van der Waals surface area contributed by atoms with Crippen molar-refractivity contribution >= 4 is 5.91 Å². The Bertz CT molecular complexity index is 645. The Balaban J connectivity index is 1.75. The number of rotatable bonds is 5. The standard InChI is InChI=1S/C21H26N2O/c1-18-10-12-20(13-11-18)17-23(22-14-6-3-7-15-22)21(24)16-19-8-4-2-5-9-19/h2,4-5,8-13H,3,6-7,14-17H2,1H3. The van der Waals surface area contributed by atoms with Gasteiger partial charge in [-0.25, -0.2) is 5.01 Å². The first-order valence-corrected chi connectivity index (χ1v) is 8.87. The van der Waals surface area contributed by atoms with Crippen LogP contribution in [-0.2, 0) is 17.8 Å². The minimum atomic E-state index is 0.184. The van der Waals surface area contributed by atoms with Gasteiger partial charge in [-0.1, -0.05) is 66.6 Å². The highest BCUT2D eigenvalue weighted by Crippen LogP contribution is 2.17. The molecule has 0 radical (unpaired) electrons. The molecular weight excluding hydrogens is 296 g/mol. The molecule has 1 saturated heterocycles. The van der Waals surface area contributed by atoms with E-state index in [0.29, 0.717) is 13.0 Å². The van der Waals surface area contributed by atoms with Crippen LogP contribution in [0.4, 0.5) is 0 Å². The molecule has 0 atom stereocenters. The van der Waals surface area contributed by atoms with Crippen molar-refractivity contribution in [2.75, 3.05) is 13.1 Å². The van der Waals surface area contributed by atoms with Crippen molar-refractivity contribution in [2.24, 2.45) is 0 Å². The number of benzene rings is 2. The summed E-state index contributed by atoms with van der Waals surface area (Å²) in [5.41, 5.74) is 3.51. The lowest BCUT2D eigenvalue weighted by Crippen LogP contribution is -2.48. The summed E-state index contributed by atoms with van der Waals surface area (Å²) in [4.78, 5) is 13.0. The zero-order valence-electron chi connectivity index (χ0n) is 14.4.